The summed E-state index contributed by atoms with van der Waals surface area (Å²) in [7, 11) is 0. The van der Waals surface area contributed by atoms with Crippen LogP contribution in [0.2, 0.25) is 0 Å². The van der Waals surface area contributed by atoms with Crippen molar-refractivity contribution in [1.82, 2.24) is 14.9 Å². The monoisotopic (exact) mass is 307 g/mol. The van der Waals surface area contributed by atoms with E-state index in [9.17, 15) is 4.79 Å². The lowest BCUT2D eigenvalue weighted by atomic mass is 10.1. The van der Waals surface area contributed by atoms with Gasteiger partial charge in [0.15, 0.2) is 0 Å². The van der Waals surface area contributed by atoms with Crippen LogP contribution in [0.25, 0.3) is 6.08 Å². The van der Waals surface area contributed by atoms with Crippen LogP contribution in [-0.2, 0) is 11.2 Å². The molecule has 0 spiro atoms. The molecule has 118 valence electrons. The summed E-state index contributed by atoms with van der Waals surface area (Å²) >= 11 is 0. The van der Waals surface area contributed by atoms with E-state index in [4.69, 9.17) is 0 Å². The molecule has 0 aliphatic carbocycles. The molecule has 4 nitrogen and oxygen atoms in total. The van der Waals surface area contributed by atoms with Gasteiger partial charge in [-0.1, -0.05) is 42.5 Å². The zero-order valence-corrected chi connectivity index (χ0v) is 13.1. The summed E-state index contributed by atoms with van der Waals surface area (Å²) in [6, 6.07) is 10.4. The van der Waals surface area contributed by atoms with Crippen molar-refractivity contribution in [3.63, 3.8) is 0 Å². The van der Waals surface area contributed by atoms with Gasteiger partial charge in [0.25, 0.3) is 0 Å². The molecule has 1 aromatic carbocycles. The summed E-state index contributed by atoms with van der Waals surface area (Å²) in [4.78, 5) is 22.7. The van der Waals surface area contributed by atoms with Gasteiger partial charge in [-0.15, -0.1) is 0 Å². The molecule has 0 radical (unpaired) electrons. The van der Waals surface area contributed by atoms with Crippen LogP contribution in [0.15, 0.2) is 55.0 Å². The molecule has 1 aliphatic heterocycles. The Balaban J connectivity index is 1.57. The number of hydrogen-bond donors (Lipinski definition) is 0. The van der Waals surface area contributed by atoms with Crippen molar-refractivity contribution in [3.05, 3.63) is 66.3 Å². The highest BCUT2D eigenvalue weighted by Crippen LogP contribution is 2.20. The van der Waals surface area contributed by atoms with E-state index in [1.165, 1.54) is 5.56 Å². The number of nitrogens with zero attached hydrogens (tertiary/aromatic N) is 3. The van der Waals surface area contributed by atoms with E-state index in [1.807, 2.05) is 23.1 Å². The minimum absolute atomic E-state index is 0.205. The number of hydrogen-bond acceptors (Lipinski definition) is 3. The number of benzene rings is 1. The molecule has 0 bridgehead atoms. The Bertz CT molecular complexity index is 655. The minimum atomic E-state index is 0.205. The Morgan fingerprint density at radius 1 is 1.26 bits per heavy atom. The number of carbonyl (C=O) groups is 1. The molecule has 1 amide bonds. The standard InChI is InChI=1S/C19H21N3O/c23-19(11-9-17-15-20-12-13-21-17)22-14-4-7-18(22)10-8-16-5-2-1-3-6-16/h1-3,5-6,8,10,12-13,15,18H,4,7,9,11,14H2/b10-8+/t18-/m0/s1. The average Bonchev–Trinajstić information content (AvgIpc) is 3.08. The largest absolute Gasteiger partial charge is 0.336 e. The Kier molecular flexibility index (Phi) is 5.14. The first kappa shape index (κ1) is 15.4. The molecule has 1 aromatic heterocycles. The summed E-state index contributed by atoms with van der Waals surface area (Å²) < 4.78 is 0. The van der Waals surface area contributed by atoms with Crippen molar-refractivity contribution < 1.29 is 4.79 Å². The fourth-order valence-corrected chi connectivity index (χ4v) is 2.93. The maximum Gasteiger partial charge on any atom is 0.223 e. The van der Waals surface area contributed by atoms with Gasteiger partial charge in [0.2, 0.25) is 5.91 Å². The van der Waals surface area contributed by atoms with Gasteiger partial charge in [-0.05, 0) is 24.8 Å². The summed E-state index contributed by atoms with van der Waals surface area (Å²) in [5, 5.41) is 0. The fraction of sp³-hybridized carbons (Fsp3) is 0.316. The van der Waals surface area contributed by atoms with Crippen LogP contribution in [-0.4, -0.2) is 33.4 Å². The highest BCUT2D eigenvalue weighted by molar-refractivity contribution is 5.77. The van der Waals surface area contributed by atoms with Crippen LogP contribution in [0, 0.1) is 0 Å². The van der Waals surface area contributed by atoms with E-state index in [1.54, 1.807) is 18.6 Å². The van der Waals surface area contributed by atoms with Crippen molar-refractivity contribution in [2.45, 2.75) is 31.7 Å². The van der Waals surface area contributed by atoms with E-state index in [0.29, 0.717) is 12.8 Å². The lowest BCUT2D eigenvalue weighted by Crippen LogP contribution is -2.34. The van der Waals surface area contributed by atoms with Crippen LogP contribution >= 0.6 is 0 Å². The first-order valence-corrected chi connectivity index (χ1v) is 8.10. The Hall–Kier alpha value is -2.49. The second kappa shape index (κ2) is 7.68. The van der Waals surface area contributed by atoms with Crippen LogP contribution < -0.4 is 0 Å². The molecule has 4 heteroatoms. The second-order valence-electron chi connectivity index (χ2n) is 5.76. The molecule has 0 unspecified atom stereocenters. The summed E-state index contributed by atoms with van der Waals surface area (Å²) in [6.45, 7) is 0.850. The third kappa shape index (κ3) is 4.25. The van der Waals surface area contributed by atoms with E-state index in [-0.39, 0.29) is 11.9 Å². The predicted molar refractivity (Wildman–Crippen MR) is 90.6 cm³/mol. The van der Waals surface area contributed by atoms with Crippen molar-refractivity contribution in [3.8, 4) is 0 Å². The summed E-state index contributed by atoms with van der Waals surface area (Å²) in [5.41, 5.74) is 2.04. The zero-order valence-electron chi connectivity index (χ0n) is 13.1. The highest BCUT2D eigenvalue weighted by atomic mass is 16.2. The average molecular weight is 307 g/mol. The molecule has 2 heterocycles. The fourth-order valence-electron chi connectivity index (χ4n) is 2.93. The van der Waals surface area contributed by atoms with E-state index >= 15 is 0 Å². The van der Waals surface area contributed by atoms with Gasteiger partial charge in [0, 0.05) is 31.6 Å². The van der Waals surface area contributed by atoms with Gasteiger partial charge < -0.3 is 4.90 Å². The maximum atomic E-state index is 12.5. The minimum Gasteiger partial charge on any atom is -0.336 e. The third-order valence-electron chi connectivity index (χ3n) is 4.14. The quantitative estimate of drug-likeness (QED) is 0.852. The number of likely N-dealkylation sites (tertiary alicyclic amines) is 1. The zero-order chi connectivity index (χ0) is 15.9. The van der Waals surface area contributed by atoms with Crippen LogP contribution in [0.5, 0.6) is 0 Å². The number of carbonyl (C=O) groups excluding carboxylic acids is 1. The third-order valence-corrected chi connectivity index (χ3v) is 4.14. The van der Waals surface area contributed by atoms with Crippen molar-refractivity contribution in [2.24, 2.45) is 0 Å². The molecular formula is C19H21N3O. The molecule has 23 heavy (non-hydrogen) atoms. The molecule has 1 fully saturated rings. The van der Waals surface area contributed by atoms with Crippen molar-refractivity contribution >= 4 is 12.0 Å². The van der Waals surface area contributed by atoms with Gasteiger partial charge in [0.05, 0.1) is 11.7 Å². The topological polar surface area (TPSA) is 46.1 Å². The lowest BCUT2D eigenvalue weighted by Gasteiger charge is -2.22. The molecular weight excluding hydrogens is 286 g/mol. The Labute approximate surface area is 136 Å². The maximum absolute atomic E-state index is 12.5. The second-order valence-corrected chi connectivity index (χ2v) is 5.76. The van der Waals surface area contributed by atoms with Gasteiger partial charge in [0.1, 0.15) is 0 Å². The highest BCUT2D eigenvalue weighted by Gasteiger charge is 2.26. The molecule has 1 saturated heterocycles. The SMILES string of the molecule is O=C(CCc1cnccn1)N1CCC[C@H]1/C=C/c1ccccc1. The Morgan fingerprint density at radius 2 is 2.13 bits per heavy atom. The normalized spacial score (nSPS) is 17.7. The number of aryl methyl sites for hydroxylation is 1. The number of aromatic nitrogens is 2. The van der Waals surface area contributed by atoms with Crippen LogP contribution in [0.1, 0.15) is 30.5 Å². The van der Waals surface area contributed by atoms with Crippen molar-refractivity contribution in [2.75, 3.05) is 6.54 Å². The summed E-state index contributed by atoms with van der Waals surface area (Å²) in [6.07, 6.45) is 12.6. The van der Waals surface area contributed by atoms with Crippen LogP contribution in [0.4, 0.5) is 0 Å². The lowest BCUT2D eigenvalue weighted by molar-refractivity contribution is -0.131. The van der Waals surface area contributed by atoms with Gasteiger partial charge in [-0.25, -0.2) is 0 Å². The van der Waals surface area contributed by atoms with Gasteiger partial charge in [-0.2, -0.15) is 0 Å². The number of amides is 1. The van der Waals surface area contributed by atoms with Gasteiger partial charge in [-0.3, -0.25) is 14.8 Å². The first-order valence-electron chi connectivity index (χ1n) is 8.10. The number of rotatable bonds is 5. The summed E-state index contributed by atoms with van der Waals surface area (Å²) in [5.74, 6) is 0.205. The molecule has 2 aromatic rings. The molecule has 1 atom stereocenters. The predicted octanol–water partition coefficient (Wildman–Crippen LogP) is 3.11. The van der Waals surface area contributed by atoms with E-state index < -0.39 is 0 Å². The molecule has 0 saturated carbocycles. The van der Waals surface area contributed by atoms with E-state index in [2.05, 4.69) is 34.3 Å². The first-order chi connectivity index (χ1) is 11.3. The molecule has 1 aliphatic rings. The van der Waals surface area contributed by atoms with Gasteiger partial charge >= 0.3 is 0 Å². The van der Waals surface area contributed by atoms with Crippen molar-refractivity contribution in [1.29, 1.82) is 0 Å². The Morgan fingerprint density at radius 3 is 2.91 bits per heavy atom. The smallest absolute Gasteiger partial charge is 0.223 e. The molecule has 3 rings (SSSR count). The van der Waals surface area contributed by atoms with E-state index in [0.717, 1.165) is 25.1 Å². The van der Waals surface area contributed by atoms with Crippen LogP contribution in [0.3, 0.4) is 0 Å². The molecule has 0 N–H and O–H groups in total.